The molecule has 0 radical (unpaired) electrons. The van der Waals surface area contributed by atoms with Gasteiger partial charge in [-0.3, -0.25) is 4.79 Å². The number of carboxylic acid groups (broad SMARTS) is 1. The third kappa shape index (κ3) is 7.06. The van der Waals surface area contributed by atoms with Crippen LogP contribution in [0.4, 0.5) is 10.5 Å². The molecule has 1 heterocycles. The molecule has 6 rings (SSSR count). The van der Waals surface area contributed by atoms with Crippen LogP contribution in [0.2, 0.25) is 0 Å². The fourth-order valence-electron chi connectivity index (χ4n) is 7.06. The predicted octanol–water partition coefficient (Wildman–Crippen LogP) is 8.14. The third-order valence-electron chi connectivity index (χ3n) is 9.74. The van der Waals surface area contributed by atoms with Crippen molar-refractivity contribution in [3.8, 4) is 16.2 Å². The van der Waals surface area contributed by atoms with Crippen LogP contribution in [0.3, 0.4) is 0 Å². The number of carbonyl (C=O) groups excluding carboxylic acids is 1. The normalized spacial score (nSPS) is 23.9. The quantitative estimate of drug-likeness (QED) is 0.258. The second-order valence-corrected chi connectivity index (χ2v) is 13.8. The highest BCUT2D eigenvalue weighted by molar-refractivity contribution is 7.15. The number of anilines is 1. The van der Waals surface area contributed by atoms with Gasteiger partial charge >= 0.3 is 6.09 Å². The minimum atomic E-state index is -0.985. The summed E-state index contributed by atoms with van der Waals surface area (Å²) in [5.41, 5.74) is 4.65. The average molecular weight is 602 g/mol. The summed E-state index contributed by atoms with van der Waals surface area (Å²) < 4.78 is 5.47. The first-order chi connectivity index (χ1) is 20.9. The Balaban J connectivity index is 1.18. The van der Waals surface area contributed by atoms with E-state index in [4.69, 9.17) is 9.84 Å². The highest BCUT2D eigenvalue weighted by atomic mass is 32.1. The number of thiazole rings is 1. The van der Waals surface area contributed by atoms with Gasteiger partial charge in [-0.2, -0.15) is 0 Å². The van der Waals surface area contributed by atoms with Crippen molar-refractivity contribution < 1.29 is 19.4 Å². The van der Waals surface area contributed by atoms with Crippen LogP contribution in [-0.2, 0) is 4.79 Å². The van der Waals surface area contributed by atoms with Gasteiger partial charge in [0.15, 0.2) is 0 Å². The van der Waals surface area contributed by atoms with Gasteiger partial charge in [-0.05, 0) is 118 Å². The summed E-state index contributed by atoms with van der Waals surface area (Å²) in [6, 6.07) is 14.9. The van der Waals surface area contributed by atoms with E-state index in [9.17, 15) is 9.59 Å². The minimum Gasteiger partial charge on any atom is -0.496 e. The number of carbonyl (C=O) groups is 2. The maximum Gasteiger partial charge on any atom is 0.404 e. The maximum atomic E-state index is 14.2. The zero-order valence-corrected chi connectivity index (χ0v) is 26.1. The summed E-state index contributed by atoms with van der Waals surface area (Å²) in [5.74, 6) is 2.64. The van der Waals surface area contributed by atoms with Gasteiger partial charge in [0.25, 0.3) is 0 Å². The Labute approximate surface area is 258 Å². The highest BCUT2D eigenvalue weighted by Gasteiger charge is 2.33. The van der Waals surface area contributed by atoms with E-state index in [2.05, 4.69) is 64.6 Å². The van der Waals surface area contributed by atoms with Gasteiger partial charge in [0.2, 0.25) is 5.91 Å². The number of rotatable bonds is 9. The summed E-state index contributed by atoms with van der Waals surface area (Å²) in [6.45, 7) is 2.83. The van der Waals surface area contributed by atoms with E-state index >= 15 is 0 Å². The molecule has 2 aromatic carbocycles. The average Bonchev–Trinajstić information content (AvgIpc) is 3.76. The molecule has 0 spiro atoms. The van der Waals surface area contributed by atoms with E-state index in [1.807, 2.05) is 6.20 Å². The van der Waals surface area contributed by atoms with Crippen LogP contribution < -0.4 is 15.0 Å². The first kappa shape index (κ1) is 29.7. The van der Waals surface area contributed by atoms with E-state index in [0.29, 0.717) is 43.4 Å². The Bertz CT molecular complexity index is 1430. The van der Waals surface area contributed by atoms with Crippen molar-refractivity contribution in [2.24, 2.45) is 11.8 Å². The fraction of sp³-hybridized carbons (Fsp3) is 0.514. The molecule has 1 aromatic heterocycles. The van der Waals surface area contributed by atoms with Crippen LogP contribution in [0.5, 0.6) is 5.75 Å². The van der Waals surface area contributed by atoms with E-state index in [1.165, 1.54) is 29.0 Å². The molecule has 0 bridgehead atoms. The number of methoxy groups -OCH3 is 1. The van der Waals surface area contributed by atoms with Gasteiger partial charge in [-0.1, -0.05) is 24.3 Å². The predicted molar refractivity (Wildman–Crippen MR) is 171 cm³/mol. The van der Waals surface area contributed by atoms with Gasteiger partial charge < -0.3 is 20.1 Å². The number of ether oxygens (including phenoxy) is 1. The van der Waals surface area contributed by atoms with Crippen LogP contribution in [-0.4, -0.2) is 41.8 Å². The Morgan fingerprint density at radius 3 is 2.40 bits per heavy atom. The molecule has 43 heavy (non-hydrogen) atoms. The topological polar surface area (TPSA) is 91.8 Å². The molecule has 0 atom stereocenters. The minimum absolute atomic E-state index is 0.0674. The lowest BCUT2D eigenvalue weighted by atomic mass is 9.78. The number of benzene rings is 2. The van der Waals surface area contributed by atoms with Gasteiger partial charge in [0, 0.05) is 36.3 Å². The molecule has 3 aromatic rings. The first-order valence-electron chi connectivity index (χ1n) is 15.9. The Morgan fingerprint density at radius 1 is 0.977 bits per heavy atom. The smallest absolute Gasteiger partial charge is 0.404 e. The summed E-state index contributed by atoms with van der Waals surface area (Å²) in [7, 11) is 1.72. The lowest BCUT2D eigenvalue weighted by molar-refractivity contribution is -0.123. The summed E-state index contributed by atoms with van der Waals surface area (Å²) >= 11 is 1.78. The van der Waals surface area contributed by atoms with Crippen molar-refractivity contribution in [3.05, 3.63) is 64.8 Å². The summed E-state index contributed by atoms with van der Waals surface area (Å²) in [4.78, 5) is 33.3. The summed E-state index contributed by atoms with van der Waals surface area (Å²) in [6.07, 6.45) is 10.7. The zero-order valence-electron chi connectivity index (χ0n) is 25.3. The third-order valence-corrected chi connectivity index (χ3v) is 10.9. The second-order valence-electron chi connectivity index (χ2n) is 12.8. The molecule has 7 nitrogen and oxygen atoms in total. The lowest BCUT2D eigenvalue weighted by Gasteiger charge is -2.36. The van der Waals surface area contributed by atoms with Crippen molar-refractivity contribution in [2.75, 3.05) is 18.6 Å². The first-order valence-corrected chi connectivity index (χ1v) is 16.7. The van der Waals surface area contributed by atoms with Gasteiger partial charge in [0.05, 0.1) is 17.0 Å². The number of hydrogen-bond acceptors (Lipinski definition) is 5. The molecule has 228 valence electrons. The molecular weight excluding hydrogens is 558 g/mol. The molecule has 3 fully saturated rings. The lowest BCUT2D eigenvalue weighted by Crippen LogP contribution is -2.44. The standard InChI is InChI=1S/C35H43N3O4S/c1-22-18-27(14-17-31(22)42-2)24-8-6-23(7-9-24)21-38(34(39)26-12-15-29(16-13-26)37-35(40)41)30-5-3-4-28(19-30)32-20-36-33(43-32)25-10-11-25/h3-5,14,17-20,23-26,29,37H,6-13,15-16,21H2,1-2H3,(H,40,41)/t23-,24-,26-,29-. The van der Waals surface area contributed by atoms with Gasteiger partial charge in [0.1, 0.15) is 5.75 Å². The van der Waals surface area contributed by atoms with E-state index < -0.39 is 6.09 Å². The number of aromatic nitrogens is 1. The Morgan fingerprint density at radius 2 is 1.72 bits per heavy atom. The van der Waals surface area contributed by atoms with Gasteiger partial charge in [-0.15, -0.1) is 11.3 Å². The van der Waals surface area contributed by atoms with Gasteiger partial charge in [-0.25, -0.2) is 9.78 Å². The fourth-order valence-corrected chi connectivity index (χ4v) is 8.14. The van der Waals surface area contributed by atoms with Crippen LogP contribution >= 0.6 is 11.3 Å². The molecule has 3 aliphatic rings. The van der Waals surface area contributed by atoms with Crippen LogP contribution in [0, 0.1) is 18.8 Å². The molecule has 3 saturated carbocycles. The molecule has 0 saturated heterocycles. The monoisotopic (exact) mass is 601 g/mol. The molecule has 2 N–H and O–H groups in total. The van der Waals surface area contributed by atoms with Crippen molar-refractivity contribution >= 4 is 29.0 Å². The molecule has 0 aliphatic heterocycles. The van der Waals surface area contributed by atoms with Crippen LogP contribution in [0.15, 0.2) is 48.7 Å². The Hall–Kier alpha value is -3.39. The van der Waals surface area contributed by atoms with Crippen molar-refractivity contribution in [1.82, 2.24) is 10.3 Å². The largest absolute Gasteiger partial charge is 0.496 e. The van der Waals surface area contributed by atoms with Crippen LogP contribution in [0.25, 0.3) is 10.4 Å². The second kappa shape index (κ2) is 13.1. The number of nitrogens with one attached hydrogen (secondary N) is 1. The van der Waals surface area contributed by atoms with E-state index in [-0.39, 0.29) is 17.9 Å². The van der Waals surface area contributed by atoms with Crippen molar-refractivity contribution in [2.45, 2.75) is 89.0 Å². The maximum absolute atomic E-state index is 14.2. The summed E-state index contributed by atoms with van der Waals surface area (Å²) in [5, 5.41) is 13.0. The van der Waals surface area contributed by atoms with E-state index in [1.54, 1.807) is 18.4 Å². The number of nitrogens with zero attached hydrogens (tertiary/aromatic N) is 2. The SMILES string of the molecule is COc1ccc([C@H]2CC[C@H](CN(c3cccc(-c4cnc(C5CC5)s4)c3)C(=O)[C@H]3CC[C@H](NC(=O)O)CC3)CC2)cc1C. The molecule has 8 heteroatoms. The Kier molecular flexibility index (Phi) is 9.03. The van der Waals surface area contributed by atoms with E-state index in [0.717, 1.165) is 54.1 Å². The van der Waals surface area contributed by atoms with Crippen LogP contribution in [0.1, 0.15) is 92.2 Å². The molecular formula is C35H43N3O4S. The highest BCUT2D eigenvalue weighted by Crippen LogP contribution is 2.44. The molecule has 2 amide bonds. The van der Waals surface area contributed by atoms with Crippen molar-refractivity contribution in [1.29, 1.82) is 0 Å². The molecule has 0 unspecified atom stereocenters. The number of amides is 2. The number of hydrogen-bond donors (Lipinski definition) is 2. The zero-order chi connectivity index (χ0) is 29.9. The van der Waals surface area contributed by atoms with Crippen molar-refractivity contribution in [3.63, 3.8) is 0 Å². The number of aryl methyl sites for hydroxylation is 1. The molecule has 3 aliphatic carbocycles.